The number of aromatic nitrogens is 3. The fraction of sp³-hybridized carbons (Fsp3) is 0.571. The monoisotopic (exact) mass is 433 g/mol. The second-order valence-electron chi connectivity index (χ2n) is 7.26. The lowest BCUT2D eigenvalue weighted by Gasteiger charge is -2.20. The molecule has 1 heterocycles. The van der Waals surface area contributed by atoms with Crippen LogP contribution in [-0.4, -0.2) is 72.2 Å². The van der Waals surface area contributed by atoms with Crippen LogP contribution in [0.1, 0.15) is 19.4 Å². The van der Waals surface area contributed by atoms with Crippen molar-refractivity contribution < 1.29 is 14.6 Å². The van der Waals surface area contributed by atoms with Crippen LogP contribution in [0.15, 0.2) is 30.3 Å². The van der Waals surface area contributed by atoms with Gasteiger partial charge in [-0.1, -0.05) is 44.2 Å². The number of nitrogens with two attached hydrogens (primary N) is 1. The summed E-state index contributed by atoms with van der Waals surface area (Å²) in [5.41, 5.74) is 6.49. The van der Waals surface area contributed by atoms with E-state index in [4.69, 9.17) is 15.2 Å². The molecule has 31 heavy (non-hydrogen) atoms. The second-order valence-corrected chi connectivity index (χ2v) is 7.26. The average Bonchev–Trinajstić information content (AvgIpc) is 2.78. The molecule has 0 aliphatic carbocycles. The summed E-state index contributed by atoms with van der Waals surface area (Å²) in [5, 5.41) is 19.2. The number of benzene rings is 1. The molecule has 0 fully saturated rings. The minimum atomic E-state index is -0.158. The van der Waals surface area contributed by atoms with E-state index >= 15 is 0 Å². The first kappa shape index (κ1) is 24.7. The number of nitrogens with one attached hydrogen (secondary N) is 3. The molecule has 0 aliphatic heterocycles. The Hall–Kier alpha value is -2.53. The maximum atomic E-state index is 9.63. The third-order valence-corrected chi connectivity index (χ3v) is 4.41. The highest BCUT2D eigenvalue weighted by Crippen LogP contribution is 2.14. The molecule has 172 valence electrons. The molecule has 0 unspecified atom stereocenters. The van der Waals surface area contributed by atoms with Crippen LogP contribution in [0, 0.1) is 5.92 Å². The number of hydrogen-bond acceptors (Lipinski definition) is 10. The van der Waals surface area contributed by atoms with Crippen molar-refractivity contribution in [1.29, 1.82) is 0 Å². The number of aliphatic hydroxyl groups is 1. The summed E-state index contributed by atoms with van der Waals surface area (Å²) in [6.07, 6.45) is 0. The van der Waals surface area contributed by atoms with Gasteiger partial charge in [-0.05, 0) is 11.5 Å². The van der Waals surface area contributed by atoms with E-state index in [-0.39, 0.29) is 18.6 Å². The largest absolute Gasteiger partial charge is 0.394 e. The summed E-state index contributed by atoms with van der Waals surface area (Å²) in [6.45, 7) is 7.70. The highest BCUT2D eigenvalue weighted by atomic mass is 16.5. The van der Waals surface area contributed by atoms with Gasteiger partial charge in [0.2, 0.25) is 17.8 Å². The van der Waals surface area contributed by atoms with E-state index in [2.05, 4.69) is 30.9 Å². The van der Waals surface area contributed by atoms with E-state index < -0.39 is 0 Å². The lowest BCUT2D eigenvalue weighted by molar-refractivity contribution is 0.0547. The molecule has 1 atom stereocenters. The van der Waals surface area contributed by atoms with Gasteiger partial charge < -0.3 is 36.3 Å². The van der Waals surface area contributed by atoms with Gasteiger partial charge in [-0.3, -0.25) is 0 Å². The van der Waals surface area contributed by atoms with Crippen LogP contribution >= 0.6 is 0 Å². The Morgan fingerprint density at radius 2 is 1.55 bits per heavy atom. The second kappa shape index (κ2) is 14.5. The third-order valence-electron chi connectivity index (χ3n) is 4.41. The van der Waals surface area contributed by atoms with Gasteiger partial charge in [-0.15, -0.1) is 0 Å². The van der Waals surface area contributed by atoms with Crippen molar-refractivity contribution in [3.63, 3.8) is 0 Å². The SMILES string of the molecule is CC(C)[C@H](CO)Nc1nc(NCCOCCOCCN)nc(NCc2ccccc2)n1. The molecule has 10 heteroatoms. The zero-order chi connectivity index (χ0) is 22.3. The van der Waals surface area contributed by atoms with Crippen LogP contribution in [0.4, 0.5) is 17.8 Å². The van der Waals surface area contributed by atoms with Gasteiger partial charge in [0, 0.05) is 19.6 Å². The van der Waals surface area contributed by atoms with Crippen LogP contribution in [0.2, 0.25) is 0 Å². The minimum Gasteiger partial charge on any atom is -0.394 e. The number of aliphatic hydroxyl groups excluding tert-OH is 1. The van der Waals surface area contributed by atoms with E-state index in [1.807, 2.05) is 44.2 Å². The highest BCUT2D eigenvalue weighted by molar-refractivity contribution is 5.43. The van der Waals surface area contributed by atoms with Crippen molar-refractivity contribution in [2.45, 2.75) is 26.4 Å². The van der Waals surface area contributed by atoms with E-state index in [0.29, 0.717) is 63.9 Å². The van der Waals surface area contributed by atoms with Crippen LogP contribution < -0.4 is 21.7 Å². The van der Waals surface area contributed by atoms with Gasteiger partial charge in [-0.2, -0.15) is 15.0 Å². The Labute approximate surface area is 184 Å². The number of nitrogens with zero attached hydrogens (tertiary/aromatic N) is 3. The van der Waals surface area contributed by atoms with E-state index in [1.54, 1.807) is 0 Å². The molecule has 0 saturated carbocycles. The zero-order valence-corrected chi connectivity index (χ0v) is 18.4. The van der Waals surface area contributed by atoms with Gasteiger partial charge in [-0.25, -0.2) is 0 Å². The van der Waals surface area contributed by atoms with E-state index in [9.17, 15) is 5.11 Å². The highest BCUT2D eigenvalue weighted by Gasteiger charge is 2.15. The van der Waals surface area contributed by atoms with Crippen molar-refractivity contribution in [2.75, 3.05) is 62.1 Å². The summed E-state index contributed by atoms with van der Waals surface area (Å²) in [5.74, 6) is 1.49. The Bertz CT molecular complexity index is 734. The number of ether oxygens (including phenoxy) is 2. The molecule has 0 radical (unpaired) electrons. The maximum absolute atomic E-state index is 9.63. The number of hydrogen-bond donors (Lipinski definition) is 5. The standard InChI is InChI=1S/C21H35N7O3/c1-16(2)18(15-29)25-21-27-19(23-9-11-31-13-12-30-10-8-22)26-20(28-21)24-14-17-6-4-3-5-7-17/h3-7,16,18,29H,8-15,22H2,1-2H3,(H3,23,24,25,26,27,28)/t18-/m0/s1. The molecule has 0 spiro atoms. The molecule has 10 nitrogen and oxygen atoms in total. The Balaban J connectivity index is 1.95. The summed E-state index contributed by atoms with van der Waals surface area (Å²) in [4.78, 5) is 13.3. The van der Waals surface area contributed by atoms with Gasteiger partial charge in [0.05, 0.1) is 39.1 Å². The van der Waals surface area contributed by atoms with Gasteiger partial charge in [0.15, 0.2) is 0 Å². The summed E-state index contributed by atoms with van der Waals surface area (Å²) in [7, 11) is 0. The molecule has 0 aliphatic rings. The smallest absolute Gasteiger partial charge is 0.229 e. The molecule has 2 aromatic rings. The zero-order valence-electron chi connectivity index (χ0n) is 18.4. The van der Waals surface area contributed by atoms with Crippen molar-refractivity contribution in [1.82, 2.24) is 15.0 Å². The summed E-state index contributed by atoms with van der Waals surface area (Å²) < 4.78 is 10.8. The van der Waals surface area contributed by atoms with Crippen LogP contribution in [-0.2, 0) is 16.0 Å². The van der Waals surface area contributed by atoms with E-state index in [0.717, 1.165) is 5.56 Å². The Morgan fingerprint density at radius 1 is 0.903 bits per heavy atom. The first-order valence-electron chi connectivity index (χ1n) is 10.6. The molecule has 6 N–H and O–H groups in total. The molecule has 1 aromatic carbocycles. The van der Waals surface area contributed by atoms with E-state index in [1.165, 1.54) is 0 Å². The predicted octanol–water partition coefficient (Wildman–Crippen LogP) is 1.32. The fourth-order valence-corrected chi connectivity index (χ4v) is 2.60. The molecular weight excluding hydrogens is 398 g/mol. The molecule has 1 aromatic heterocycles. The number of anilines is 3. The van der Waals surface area contributed by atoms with Gasteiger partial charge in [0.1, 0.15) is 0 Å². The minimum absolute atomic E-state index is 0.0149. The molecule has 0 amide bonds. The topological polar surface area (TPSA) is 139 Å². The molecule has 2 rings (SSSR count). The molecular formula is C21H35N7O3. The number of rotatable bonds is 16. The van der Waals surface area contributed by atoms with Crippen molar-refractivity contribution >= 4 is 17.8 Å². The lowest BCUT2D eigenvalue weighted by atomic mass is 10.1. The normalized spacial score (nSPS) is 12.0. The predicted molar refractivity (Wildman–Crippen MR) is 122 cm³/mol. The molecule has 0 saturated heterocycles. The Kier molecular flexibility index (Phi) is 11.5. The fourth-order valence-electron chi connectivity index (χ4n) is 2.60. The average molecular weight is 434 g/mol. The van der Waals surface area contributed by atoms with Crippen molar-refractivity contribution in [3.8, 4) is 0 Å². The van der Waals surface area contributed by atoms with Gasteiger partial charge >= 0.3 is 0 Å². The molecule has 0 bridgehead atoms. The van der Waals surface area contributed by atoms with Crippen LogP contribution in [0.3, 0.4) is 0 Å². The first-order chi connectivity index (χ1) is 15.1. The third kappa shape index (κ3) is 9.88. The Morgan fingerprint density at radius 3 is 2.19 bits per heavy atom. The van der Waals surface area contributed by atoms with Crippen LogP contribution in [0.5, 0.6) is 0 Å². The summed E-state index contributed by atoms with van der Waals surface area (Å²) >= 11 is 0. The van der Waals surface area contributed by atoms with Crippen molar-refractivity contribution in [2.24, 2.45) is 11.7 Å². The maximum Gasteiger partial charge on any atom is 0.229 e. The summed E-state index contributed by atoms with van der Waals surface area (Å²) in [6, 6.07) is 9.85. The van der Waals surface area contributed by atoms with Crippen molar-refractivity contribution in [3.05, 3.63) is 35.9 Å². The van der Waals surface area contributed by atoms with Gasteiger partial charge in [0.25, 0.3) is 0 Å². The van der Waals surface area contributed by atoms with Crippen LogP contribution in [0.25, 0.3) is 0 Å². The lowest BCUT2D eigenvalue weighted by Crippen LogP contribution is -2.30. The first-order valence-corrected chi connectivity index (χ1v) is 10.6. The quantitative estimate of drug-likeness (QED) is 0.246.